The Hall–Kier alpha value is -1.62. The van der Waals surface area contributed by atoms with Crippen molar-refractivity contribution in [3.05, 3.63) is 29.6 Å². The van der Waals surface area contributed by atoms with Gasteiger partial charge in [0.1, 0.15) is 5.82 Å². The molecule has 1 aromatic carbocycles. The highest BCUT2D eigenvalue weighted by atomic mass is 19.1. The van der Waals surface area contributed by atoms with Crippen LogP contribution in [-0.4, -0.2) is 31.6 Å². The Morgan fingerprint density at radius 2 is 2.29 bits per heavy atom. The first-order valence-corrected chi connectivity index (χ1v) is 7.61. The van der Waals surface area contributed by atoms with E-state index < -0.39 is 0 Å². The van der Waals surface area contributed by atoms with Gasteiger partial charge in [0.05, 0.1) is 5.69 Å². The first kappa shape index (κ1) is 15.8. The smallest absolute Gasteiger partial charge is 0.217 e. The third-order valence-electron chi connectivity index (χ3n) is 3.70. The van der Waals surface area contributed by atoms with E-state index in [9.17, 15) is 9.18 Å². The van der Waals surface area contributed by atoms with Gasteiger partial charge in [-0.25, -0.2) is 4.39 Å². The van der Waals surface area contributed by atoms with E-state index in [2.05, 4.69) is 17.6 Å². The topological polar surface area (TPSA) is 44.4 Å². The molecule has 0 aliphatic carbocycles. The zero-order valence-electron chi connectivity index (χ0n) is 12.8. The summed E-state index contributed by atoms with van der Waals surface area (Å²) >= 11 is 0. The summed E-state index contributed by atoms with van der Waals surface area (Å²) in [5.41, 5.74) is 1.59. The first-order chi connectivity index (χ1) is 10.1. The van der Waals surface area contributed by atoms with Gasteiger partial charge in [-0.2, -0.15) is 0 Å². The second-order valence-electron chi connectivity index (χ2n) is 5.59. The molecule has 1 amide bonds. The monoisotopic (exact) mass is 293 g/mol. The molecule has 1 aliphatic heterocycles. The maximum absolute atomic E-state index is 14.2. The van der Waals surface area contributed by atoms with Gasteiger partial charge in [-0.15, -0.1) is 0 Å². The fourth-order valence-corrected chi connectivity index (χ4v) is 2.71. The van der Waals surface area contributed by atoms with E-state index in [1.54, 1.807) is 6.07 Å². The first-order valence-electron chi connectivity index (χ1n) is 7.61. The van der Waals surface area contributed by atoms with E-state index in [0.29, 0.717) is 18.8 Å². The predicted octanol–water partition coefficient (Wildman–Crippen LogP) is 2.04. The van der Waals surface area contributed by atoms with Gasteiger partial charge in [0.25, 0.3) is 0 Å². The molecule has 1 aromatic rings. The van der Waals surface area contributed by atoms with E-state index >= 15 is 0 Å². The summed E-state index contributed by atoms with van der Waals surface area (Å²) in [6, 6.07) is 5.53. The van der Waals surface area contributed by atoms with Gasteiger partial charge in [-0.1, -0.05) is 13.0 Å². The molecule has 2 rings (SSSR count). The summed E-state index contributed by atoms with van der Waals surface area (Å²) in [4.78, 5) is 13.1. The minimum absolute atomic E-state index is 0.0281. The van der Waals surface area contributed by atoms with Crippen molar-refractivity contribution in [3.8, 4) is 0 Å². The highest BCUT2D eigenvalue weighted by Gasteiger charge is 2.24. The second kappa shape index (κ2) is 7.41. The summed E-state index contributed by atoms with van der Waals surface area (Å²) in [7, 11) is 0. The van der Waals surface area contributed by atoms with Crippen molar-refractivity contribution in [2.45, 2.75) is 39.3 Å². The lowest BCUT2D eigenvalue weighted by Gasteiger charge is -2.20. The third kappa shape index (κ3) is 4.43. The molecule has 21 heavy (non-hydrogen) atoms. The fourth-order valence-electron chi connectivity index (χ4n) is 2.71. The Labute approximate surface area is 125 Å². The molecule has 1 fully saturated rings. The van der Waals surface area contributed by atoms with E-state index in [-0.39, 0.29) is 17.8 Å². The molecule has 0 bridgehead atoms. The average Bonchev–Trinajstić information content (AvgIpc) is 2.86. The van der Waals surface area contributed by atoms with Gasteiger partial charge in [0.15, 0.2) is 0 Å². The molecule has 2 N–H and O–H groups in total. The Bertz CT molecular complexity index is 492. The molecule has 116 valence electrons. The molecule has 0 spiro atoms. The minimum Gasteiger partial charge on any atom is -0.367 e. The Kier molecular flexibility index (Phi) is 5.56. The summed E-state index contributed by atoms with van der Waals surface area (Å²) < 4.78 is 14.2. The van der Waals surface area contributed by atoms with E-state index in [1.165, 1.54) is 6.92 Å². The van der Waals surface area contributed by atoms with Crippen LogP contribution in [0.15, 0.2) is 18.2 Å². The standard InChI is InChI=1S/C16H24FN3O/c1-3-7-18-10-13-4-5-16(15(17)9-13)20-8-6-14(11-20)19-12(2)21/h4-5,9,14,18H,3,6-8,10-11H2,1-2H3,(H,19,21). The van der Waals surface area contributed by atoms with Crippen LogP contribution in [0.3, 0.4) is 0 Å². The van der Waals surface area contributed by atoms with Gasteiger partial charge >= 0.3 is 0 Å². The van der Waals surface area contributed by atoms with Crippen LogP contribution in [0.5, 0.6) is 0 Å². The Morgan fingerprint density at radius 3 is 2.95 bits per heavy atom. The quantitative estimate of drug-likeness (QED) is 0.789. The van der Waals surface area contributed by atoms with Gasteiger partial charge in [-0.05, 0) is 37.1 Å². The summed E-state index contributed by atoms with van der Waals surface area (Å²) in [5, 5.41) is 6.16. The van der Waals surface area contributed by atoms with Crippen LogP contribution in [0.1, 0.15) is 32.3 Å². The zero-order chi connectivity index (χ0) is 15.2. The zero-order valence-corrected chi connectivity index (χ0v) is 12.8. The molecule has 5 heteroatoms. The molecule has 1 aliphatic rings. The molecular weight excluding hydrogens is 269 g/mol. The van der Waals surface area contributed by atoms with Crippen LogP contribution >= 0.6 is 0 Å². The van der Waals surface area contributed by atoms with Crippen LogP contribution in [-0.2, 0) is 11.3 Å². The summed E-state index contributed by atoms with van der Waals surface area (Å²) in [5.74, 6) is -0.214. The van der Waals surface area contributed by atoms with Gasteiger partial charge in [0, 0.05) is 32.6 Å². The van der Waals surface area contributed by atoms with Crippen molar-refractivity contribution < 1.29 is 9.18 Å². The van der Waals surface area contributed by atoms with Gasteiger partial charge < -0.3 is 15.5 Å². The lowest BCUT2D eigenvalue weighted by molar-refractivity contribution is -0.119. The molecule has 1 saturated heterocycles. The average molecular weight is 293 g/mol. The number of hydrogen-bond donors (Lipinski definition) is 2. The lowest BCUT2D eigenvalue weighted by Crippen LogP contribution is -2.35. The van der Waals surface area contributed by atoms with Crippen LogP contribution in [0.2, 0.25) is 0 Å². The van der Waals surface area contributed by atoms with Crippen molar-refractivity contribution in [1.82, 2.24) is 10.6 Å². The normalized spacial score (nSPS) is 18.0. The van der Waals surface area contributed by atoms with Crippen molar-refractivity contribution in [1.29, 1.82) is 0 Å². The molecule has 4 nitrogen and oxygen atoms in total. The van der Waals surface area contributed by atoms with Crippen LogP contribution in [0, 0.1) is 5.82 Å². The molecule has 1 atom stereocenters. The maximum atomic E-state index is 14.2. The van der Waals surface area contributed by atoms with Crippen LogP contribution in [0.25, 0.3) is 0 Å². The van der Waals surface area contributed by atoms with Crippen molar-refractivity contribution in [2.75, 3.05) is 24.5 Å². The van der Waals surface area contributed by atoms with Gasteiger partial charge in [0.2, 0.25) is 5.91 Å². The van der Waals surface area contributed by atoms with E-state index in [0.717, 1.165) is 31.5 Å². The maximum Gasteiger partial charge on any atom is 0.217 e. The third-order valence-corrected chi connectivity index (χ3v) is 3.70. The van der Waals surface area contributed by atoms with Crippen molar-refractivity contribution in [3.63, 3.8) is 0 Å². The number of rotatable bonds is 6. The number of hydrogen-bond acceptors (Lipinski definition) is 3. The molecular formula is C16H24FN3O. The Morgan fingerprint density at radius 1 is 1.48 bits per heavy atom. The number of benzene rings is 1. The molecule has 1 heterocycles. The van der Waals surface area contributed by atoms with Crippen LogP contribution < -0.4 is 15.5 Å². The number of anilines is 1. The SMILES string of the molecule is CCCNCc1ccc(N2CCC(NC(C)=O)C2)c(F)c1. The summed E-state index contributed by atoms with van der Waals surface area (Å²) in [6.07, 6.45) is 1.93. The van der Waals surface area contributed by atoms with E-state index in [1.807, 2.05) is 17.0 Å². The number of nitrogens with zero attached hydrogens (tertiary/aromatic N) is 1. The second-order valence-corrected chi connectivity index (χ2v) is 5.59. The number of amides is 1. The lowest BCUT2D eigenvalue weighted by atomic mass is 10.2. The molecule has 0 saturated carbocycles. The van der Waals surface area contributed by atoms with Crippen molar-refractivity contribution in [2.24, 2.45) is 0 Å². The fraction of sp³-hybridized carbons (Fsp3) is 0.562. The van der Waals surface area contributed by atoms with Crippen molar-refractivity contribution >= 4 is 11.6 Å². The number of nitrogens with one attached hydrogen (secondary N) is 2. The Balaban J connectivity index is 1.96. The predicted molar refractivity (Wildman–Crippen MR) is 82.8 cm³/mol. The molecule has 0 radical (unpaired) electrons. The van der Waals surface area contributed by atoms with E-state index in [4.69, 9.17) is 0 Å². The number of carbonyl (C=O) groups excluding carboxylic acids is 1. The van der Waals surface area contributed by atoms with Gasteiger partial charge in [-0.3, -0.25) is 4.79 Å². The molecule has 1 unspecified atom stereocenters. The molecule has 0 aromatic heterocycles. The number of carbonyl (C=O) groups is 1. The highest BCUT2D eigenvalue weighted by Crippen LogP contribution is 2.24. The number of halogens is 1. The highest BCUT2D eigenvalue weighted by molar-refractivity contribution is 5.73. The summed E-state index contributed by atoms with van der Waals surface area (Å²) in [6.45, 7) is 6.70. The van der Waals surface area contributed by atoms with Crippen LogP contribution in [0.4, 0.5) is 10.1 Å². The largest absolute Gasteiger partial charge is 0.367 e. The minimum atomic E-state index is -0.186.